The number of carbonyl (C=O) groups excluding carboxylic acids is 2. The van der Waals surface area contributed by atoms with Gasteiger partial charge in [-0.05, 0) is 35.0 Å². The summed E-state index contributed by atoms with van der Waals surface area (Å²) in [5, 5.41) is 2.13. The van der Waals surface area contributed by atoms with Crippen molar-refractivity contribution in [2.75, 3.05) is 6.61 Å². The standard InChI is InChI=1S/C18H15N3O3/c22-17(20-21-18(23)14-7-9-19-10-8-14)12-24-16-6-5-13-3-1-2-4-15(13)11-16/h1-11H,12H2,(H,20,22)(H,21,23). The van der Waals surface area contributed by atoms with E-state index in [-0.39, 0.29) is 6.61 Å². The highest BCUT2D eigenvalue weighted by molar-refractivity contribution is 5.95. The highest BCUT2D eigenvalue weighted by Crippen LogP contribution is 2.20. The lowest BCUT2D eigenvalue weighted by Crippen LogP contribution is -2.43. The van der Waals surface area contributed by atoms with Gasteiger partial charge in [0, 0.05) is 18.0 Å². The largest absolute Gasteiger partial charge is 0.484 e. The summed E-state index contributed by atoms with van der Waals surface area (Å²) in [5.74, 6) is -0.286. The molecular weight excluding hydrogens is 306 g/mol. The summed E-state index contributed by atoms with van der Waals surface area (Å²) in [4.78, 5) is 27.3. The Hall–Kier alpha value is -3.41. The van der Waals surface area contributed by atoms with E-state index in [4.69, 9.17) is 4.74 Å². The van der Waals surface area contributed by atoms with Gasteiger partial charge in [-0.2, -0.15) is 0 Å². The lowest BCUT2D eigenvalue weighted by atomic mass is 10.1. The predicted octanol–water partition coefficient (Wildman–Crippen LogP) is 2.07. The number of ether oxygens (including phenoxy) is 1. The van der Waals surface area contributed by atoms with Crippen molar-refractivity contribution in [2.45, 2.75) is 0 Å². The van der Waals surface area contributed by atoms with E-state index in [2.05, 4.69) is 15.8 Å². The van der Waals surface area contributed by atoms with Crippen molar-refractivity contribution in [2.24, 2.45) is 0 Å². The molecule has 0 fully saturated rings. The number of hydrogen-bond donors (Lipinski definition) is 2. The molecule has 0 saturated heterocycles. The molecular formula is C18H15N3O3. The van der Waals surface area contributed by atoms with Gasteiger partial charge in [-0.15, -0.1) is 0 Å². The van der Waals surface area contributed by atoms with Gasteiger partial charge in [0.05, 0.1) is 0 Å². The molecule has 0 saturated carbocycles. The minimum atomic E-state index is -0.453. The van der Waals surface area contributed by atoms with Crippen LogP contribution in [0.15, 0.2) is 67.0 Å². The van der Waals surface area contributed by atoms with Gasteiger partial charge in [-0.25, -0.2) is 0 Å². The second kappa shape index (κ2) is 7.23. The minimum Gasteiger partial charge on any atom is -0.484 e. The summed E-state index contributed by atoms with van der Waals surface area (Å²) >= 11 is 0. The molecule has 1 heterocycles. The van der Waals surface area contributed by atoms with E-state index in [9.17, 15) is 9.59 Å². The van der Waals surface area contributed by atoms with Gasteiger partial charge < -0.3 is 4.74 Å². The van der Waals surface area contributed by atoms with Crippen LogP contribution in [0.3, 0.4) is 0 Å². The molecule has 1 aromatic heterocycles. The van der Waals surface area contributed by atoms with Gasteiger partial charge in [-0.3, -0.25) is 25.4 Å². The fourth-order valence-corrected chi connectivity index (χ4v) is 2.14. The molecule has 2 amide bonds. The quantitative estimate of drug-likeness (QED) is 0.721. The highest BCUT2D eigenvalue weighted by atomic mass is 16.5. The molecule has 120 valence electrons. The van der Waals surface area contributed by atoms with E-state index in [1.165, 1.54) is 12.4 Å². The van der Waals surface area contributed by atoms with E-state index in [1.54, 1.807) is 18.2 Å². The Morgan fingerprint density at radius 3 is 2.46 bits per heavy atom. The first-order chi connectivity index (χ1) is 11.7. The zero-order chi connectivity index (χ0) is 16.8. The first kappa shape index (κ1) is 15.5. The second-order valence-electron chi connectivity index (χ2n) is 5.04. The van der Waals surface area contributed by atoms with Crippen LogP contribution in [0.2, 0.25) is 0 Å². The van der Waals surface area contributed by atoms with Crippen molar-refractivity contribution in [3.05, 3.63) is 72.6 Å². The van der Waals surface area contributed by atoms with Crippen molar-refractivity contribution >= 4 is 22.6 Å². The normalized spacial score (nSPS) is 10.2. The van der Waals surface area contributed by atoms with Crippen LogP contribution in [0.4, 0.5) is 0 Å². The number of rotatable bonds is 4. The second-order valence-corrected chi connectivity index (χ2v) is 5.04. The van der Waals surface area contributed by atoms with E-state index < -0.39 is 11.8 Å². The molecule has 2 N–H and O–H groups in total. The molecule has 24 heavy (non-hydrogen) atoms. The Morgan fingerprint density at radius 2 is 1.67 bits per heavy atom. The fraction of sp³-hybridized carbons (Fsp3) is 0.0556. The number of amides is 2. The smallest absolute Gasteiger partial charge is 0.276 e. The summed E-state index contributed by atoms with van der Waals surface area (Å²) in [5.41, 5.74) is 5.03. The van der Waals surface area contributed by atoms with Crippen LogP contribution >= 0.6 is 0 Å². The molecule has 0 atom stereocenters. The van der Waals surface area contributed by atoms with Gasteiger partial charge in [0.15, 0.2) is 6.61 Å². The number of carbonyl (C=O) groups is 2. The number of hydrogen-bond acceptors (Lipinski definition) is 4. The van der Waals surface area contributed by atoms with Crippen LogP contribution in [0.5, 0.6) is 5.75 Å². The van der Waals surface area contributed by atoms with Crippen LogP contribution in [-0.2, 0) is 4.79 Å². The maximum absolute atomic E-state index is 11.8. The number of fused-ring (bicyclic) bond motifs is 1. The number of hydrazine groups is 1. The maximum atomic E-state index is 11.8. The van der Waals surface area contributed by atoms with E-state index in [0.717, 1.165) is 10.8 Å². The van der Waals surface area contributed by atoms with Crippen molar-refractivity contribution in [3.8, 4) is 5.75 Å². The molecule has 0 aliphatic rings. The Kier molecular flexibility index (Phi) is 4.67. The van der Waals surface area contributed by atoms with E-state index in [0.29, 0.717) is 11.3 Å². The predicted molar refractivity (Wildman–Crippen MR) is 89.3 cm³/mol. The molecule has 0 aliphatic heterocycles. The summed E-state index contributed by atoms with van der Waals surface area (Å²) < 4.78 is 5.44. The van der Waals surface area contributed by atoms with Gasteiger partial charge in [0.2, 0.25) is 0 Å². The third-order valence-electron chi connectivity index (χ3n) is 3.35. The monoisotopic (exact) mass is 321 g/mol. The van der Waals surface area contributed by atoms with Crippen molar-refractivity contribution < 1.29 is 14.3 Å². The molecule has 0 bridgehead atoms. The van der Waals surface area contributed by atoms with Crippen LogP contribution in [0.25, 0.3) is 10.8 Å². The first-order valence-corrected chi connectivity index (χ1v) is 7.33. The Labute approximate surface area is 138 Å². The summed E-state index contributed by atoms with van der Waals surface area (Å²) in [6.07, 6.45) is 3.00. The number of nitrogens with one attached hydrogen (secondary N) is 2. The molecule has 6 nitrogen and oxygen atoms in total. The average molecular weight is 321 g/mol. The average Bonchev–Trinajstić information content (AvgIpc) is 2.65. The highest BCUT2D eigenvalue weighted by Gasteiger charge is 2.07. The Morgan fingerprint density at radius 1 is 0.917 bits per heavy atom. The van der Waals surface area contributed by atoms with Gasteiger partial charge in [0.1, 0.15) is 5.75 Å². The van der Waals surface area contributed by atoms with Gasteiger partial charge in [-0.1, -0.05) is 30.3 Å². The number of pyridine rings is 1. The molecule has 6 heteroatoms. The van der Waals surface area contributed by atoms with Crippen molar-refractivity contribution in [1.82, 2.24) is 15.8 Å². The van der Waals surface area contributed by atoms with Crippen molar-refractivity contribution in [1.29, 1.82) is 0 Å². The fourth-order valence-electron chi connectivity index (χ4n) is 2.14. The molecule has 3 rings (SSSR count). The molecule has 0 spiro atoms. The number of nitrogens with zero attached hydrogens (tertiary/aromatic N) is 1. The van der Waals surface area contributed by atoms with Crippen LogP contribution in [0, 0.1) is 0 Å². The van der Waals surface area contributed by atoms with Gasteiger partial charge in [0.25, 0.3) is 11.8 Å². The molecule has 3 aromatic rings. The summed E-state index contributed by atoms with van der Waals surface area (Å²) in [7, 11) is 0. The number of aromatic nitrogens is 1. The maximum Gasteiger partial charge on any atom is 0.276 e. The van der Waals surface area contributed by atoms with Gasteiger partial charge >= 0.3 is 0 Å². The lowest BCUT2D eigenvalue weighted by Gasteiger charge is -2.09. The molecule has 0 unspecified atom stereocenters. The zero-order valence-electron chi connectivity index (χ0n) is 12.7. The van der Waals surface area contributed by atoms with Crippen molar-refractivity contribution in [3.63, 3.8) is 0 Å². The Bertz CT molecular complexity index is 866. The number of benzene rings is 2. The third-order valence-corrected chi connectivity index (χ3v) is 3.35. The Balaban J connectivity index is 1.50. The minimum absolute atomic E-state index is 0.199. The lowest BCUT2D eigenvalue weighted by molar-refractivity contribution is -0.123. The summed E-state index contributed by atoms with van der Waals surface area (Å²) in [6.45, 7) is -0.199. The zero-order valence-corrected chi connectivity index (χ0v) is 12.7. The molecule has 2 aromatic carbocycles. The first-order valence-electron chi connectivity index (χ1n) is 7.33. The SMILES string of the molecule is O=C(COc1ccc2ccccc2c1)NNC(=O)c1ccncc1. The summed E-state index contributed by atoms with van der Waals surface area (Å²) in [6, 6.07) is 16.5. The topological polar surface area (TPSA) is 80.3 Å². The molecule has 0 radical (unpaired) electrons. The van der Waals surface area contributed by atoms with Crippen LogP contribution in [-0.4, -0.2) is 23.4 Å². The third kappa shape index (κ3) is 3.86. The van der Waals surface area contributed by atoms with Crippen LogP contribution < -0.4 is 15.6 Å². The molecule has 0 aliphatic carbocycles. The van der Waals surface area contributed by atoms with E-state index >= 15 is 0 Å². The van der Waals surface area contributed by atoms with E-state index in [1.807, 2.05) is 36.4 Å². The van der Waals surface area contributed by atoms with Crippen LogP contribution in [0.1, 0.15) is 10.4 Å².